The highest BCUT2D eigenvalue weighted by atomic mass is 16.5. The SMILES string of the molecule is CC(C)Oc1ccc(C(C)Nc2cnn(C)c2)cc1. The smallest absolute Gasteiger partial charge is 0.119 e. The fraction of sp³-hybridized carbons (Fsp3) is 0.400. The molecule has 2 aromatic rings. The van der Waals surface area contributed by atoms with E-state index in [1.807, 2.05) is 45.4 Å². The normalized spacial score (nSPS) is 12.5. The first-order valence-electron chi connectivity index (χ1n) is 6.56. The lowest BCUT2D eigenvalue weighted by Gasteiger charge is -2.15. The van der Waals surface area contributed by atoms with Gasteiger partial charge in [0.25, 0.3) is 0 Å². The number of ether oxygens (including phenoxy) is 1. The van der Waals surface area contributed by atoms with Gasteiger partial charge < -0.3 is 10.1 Å². The van der Waals surface area contributed by atoms with E-state index < -0.39 is 0 Å². The third-order valence-electron chi connectivity index (χ3n) is 2.84. The van der Waals surface area contributed by atoms with Gasteiger partial charge in [-0.15, -0.1) is 0 Å². The first kappa shape index (κ1) is 13.5. The summed E-state index contributed by atoms with van der Waals surface area (Å²) >= 11 is 0. The first-order chi connectivity index (χ1) is 9.04. The Balaban J connectivity index is 2.01. The lowest BCUT2D eigenvalue weighted by molar-refractivity contribution is 0.242. The van der Waals surface area contributed by atoms with Crippen LogP contribution in [0.25, 0.3) is 0 Å². The van der Waals surface area contributed by atoms with Crippen molar-refractivity contribution < 1.29 is 4.74 Å². The Morgan fingerprint density at radius 3 is 2.37 bits per heavy atom. The topological polar surface area (TPSA) is 39.1 Å². The molecule has 0 fully saturated rings. The van der Waals surface area contributed by atoms with Gasteiger partial charge >= 0.3 is 0 Å². The van der Waals surface area contributed by atoms with E-state index >= 15 is 0 Å². The van der Waals surface area contributed by atoms with Crippen molar-refractivity contribution in [3.63, 3.8) is 0 Å². The van der Waals surface area contributed by atoms with Crippen LogP contribution in [0.4, 0.5) is 5.69 Å². The van der Waals surface area contributed by atoms with Crippen LogP contribution in [0, 0.1) is 0 Å². The maximum absolute atomic E-state index is 5.64. The highest BCUT2D eigenvalue weighted by molar-refractivity contribution is 5.42. The summed E-state index contributed by atoms with van der Waals surface area (Å²) in [6, 6.07) is 8.43. The predicted octanol–water partition coefficient (Wildman–Crippen LogP) is 3.38. The van der Waals surface area contributed by atoms with E-state index in [-0.39, 0.29) is 12.1 Å². The molecule has 0 saturated heterocycles. The average molecular weight is 259 g/mol. The monoisotopic (exact) mass is 259 g/mol. The molecular formula is C15H21N3O. The Labute approximate surface area is 114 Å². The molecule has 2 rings (SSSR count). The number of rotatable bonds is 5. The number of aromatic nitrogens is 2. The molecule has 0 aliphatic heterocycles. The molecule has 4 nitrogen and oxygen atoms in total. The summed E-state index contributed by atoms with van der Waals surface area (Å²) in [5.74, 6) is 0.910. The van der Waals surface area contributed by atoms with Crippen molar-refractivity contribution in [2.24, 2.45) is 7.05 Å². The van der Waals surface area contributed by atoms with E-state index in [0.717, 1.165) is 11.4 Å². The standard InChI is InChI=1S/C15H21N3O/c1-11(2)19-15-7-5-13(6-8-15)12(3)17-14-9-16-18(4)10-14/h5-12,17H,1-4H3. The second-order valence-electron chi connectivity index (χ2n) is 5.00. The lowest BCUT2D eigenvalue weighted by atomic mass is 10.1. The molecule has 102 valence electrons. The van der Waals surface area contributed by atoms with Gasteiger partial charge in [-0.1, -0.05) is 12.1 Å². The highest BCUT2D eigenvalue weighted by Crippen LogP contribution is 2.21. The van der Waals surface area contributed by atoms with Crippen LogP contribution in [0.1, 0.15) is 32.4 Å². The Morgan fingerprint density at radius 2 is 1.84 bits per heavy atom. The van der Waals surface area contributed by atoms with E-state index in [4.69, 9.17) is 4.74 Å². The highest BCUT2D eigenvalue weighted by Gasteiger charge is 2.07. The van der Waals surface area contributed by atoms with Crippen LogP contribution in [0.5, 0.6) is 5.75 Å². The molecule has 0 amide bonds. The van der Waals surface area contributed by atoms with Gasteiger partial charge in [0.15, 0.2) is 0 Å². The molecule has 1 unspecified atom stereocenters. The molecule has 0 spiro atoms. The lowest BCUT2D eigenvalue weighted by Crippen LogP contribution is -2.07. The zero-order valence-corrected chi connectivity index (χ0v) is 11.9. The van der Waals surface area contributed by atoms with Gasteiger partial charge in [-0.2, -0.15) is 5.10 Å². The molecule has 0 aliphatic carbocycles. The van der Waals surface area contributed by atoms with Gasteiger partial charge in [0.1, 0.15) is 5.75 Å². The quantitative estimate of drug-likeness (QED) is 0.894. The van der Waals surface area contributed by atoms with Crippen molar-refractivity contribution in [1.29, 1.82) is 0 Å². The molecule has 0 bridgehead atoms. The molecule has 1 aromatic heterocycles. The van der Waals surface area contributed by atoms with Crippen LogP contribution >= 0.6 is 0 Å². The summed E-state index contributed by atoms with van der Waals surface area (Å²) < 4.78 is 7.42. The van der Waals surface area contributed by atoms with E-state index in [9.17, 15) is 0 Å². The molecule has 19 heavy (non-hydrogen) atoms. The van der Waals surface area contributed by atoms with E-state index in [1.54, 1.807) is 4.68 Å². The van der Waals surface area contributed by atoms with E-state index in [0.29, 0.717) is 0 Å². The molecular weight excluding hydrogens is 238 g/mol. The number of hydrogen-bond donors (Lipinski definition) is 1. The summed E-state index contributed by atoms with van der Waals surface area (Å²) in [5, 5.41) is 7.56. The van der Waals surface area contributed by atoms with Gasteiger partial charge in [0.2, 0.25) is 0 Å². The molecule has 1 atom stereocenters. The zero-order chi connectivity index (χ0) is 13.8. The maximum Gasteiger partial charge on any atom is 0.119 e. The minimum atomic E-state index is 0.205. The van der Waals surface area contributed by atoms with Crippen LogP contribution in [-0.2, 0) is 7.05 Å². The van der Waals surface area contributed by atoms with Crippen molar-refractivity contribution in [3.8, 4) is 5.75 Å². The van der Waals surface area contributed by atoms with Crippen LogP contribution < -0.4 is 10.1 Å². The summed E-state index contributed by atoms with van der Waals surface area (Å²) in [5.41, 5.74) is 2.25. The van der Waals surface area contributed by atoms with Crippen molar-refractivity contribution in [2.45, 2.75) is 32.9 Å². The summed E-state index contributed by atoms with van der Waals surface area (Å²) in [6.45, 7) is 6.19. The van der Waals surface area contributed by atoms with E-state index in [2.05, 4.69) is 29.5 Å². The third-order valence-corrected chi connectivity index (χ3v) is 2.84. The fourth-order valence-corrected chi connectivity index (χ4v) is 1.94. The predicted molar refractivity (Wildman–Crippen MR) is 77.5 cm³/mol. The Hall–Kier alpha value is -1.97. The largest absolute Gasteiger partial charge is 0.491 e. The first-order valence-corrected chi connectivity index (χ1v) is 6.56. The van der Waals surface area contributed by atoms with Crippen LogP contribution in [0.2, 0.25) is 0 Å². The molecule has 4 heteroatoms. The molecule has 1 heterocycles. The van der Waals surface area contributed by atoms with Gasteiger partial charge in [-0.25, -0.2) is 0 Å². The van der Waals surface area contributed by atoms with E-state index in [1.165, 1.54) is 5.56 Å². The van der Waals surface area contributed by atoms with Crippen LogP contribution in [0.3, 0.4) is 0 Å². The van der Waals surface area contributed by atoms with Gasteiger partial charge in [-0.05, 0) is 38.5 Å². The van der Waals surface area contributed by atoms with Crippen molar-refractivity contribution in [3.05, 3.63) is 42.2 Å². The fourth-order valence-electron chi connectivity index (χ4n) is 1.94. The van der Waals surface area contributed by atoms with Crippen LogP contribution in [0.15, 0.2) is 36.7 Å². The summed E-state index contributed by atoms with van der Waals surface area (Å²) in [6.07, 6.45) is 4.00. The minimum Gasteiger partial charge on any atom is -0.491 e. The Kier molecular flexibility index (Phi) is 4.10. The Morgan fingerprint density at radius 1 is 1.16 bits per heavy atom. The molecule has 1 N–H and O–H groups in total. The maximum atomic E-state index is 5.64. The van der Waals surface area contributed by atoms with Gasteiger partial charge in [0.05, 0.1) is 18.0 Å². The zero-order valence-electron chi connectivity index (χ0n) is 11.9. The van der Waals surface area contributed by atoms with Crippen molar-refractivity contribution >= 4 is 5.69 Å². The number of nitrogens with one attached hydrogen (secondary N) is 1. The minimum absolute atomic E-state index is 0.205. The van der Waals surface area contributed by atoms with Gasteiger partial charge in [0, 0.05) is 19.3 Å². The van der Waals surface area contributed by atoms with Gasteiger partial charge in [-0.3, -0.25) is 4.68 Å². The van der Waals surface area contributed by atoms with Crippen molar-refractivity contribution in [2.75, 3.05) is 5.32 Å². The second kappa shape index (κ2) is 5.78. The molecule has 0 radical (unpaired) electrons. The number of nitrogens with zero attached hydrogens (tertiary/aromatic N) is 2. The Bertz CT molecular complexity index is 516. The van der Waals surface area contributed by atoms with Crippen LogP contribution in [-0.4, -0.2) is 15.9 Å². The summed E-state index contributed by atoms with van der Waals surface area (Å²) in [7, 11) is 1.91. The molecule has 0 aliphatic rings. The number of anilines is 1. The average Bonchev–Trinajstić information content (AvgIpc) is 2.75. The number of hydrogen-bond acceptors (Lipinski definition) is 3. The summed E-state index contributed by atoms with van der Waals surface area (Å²) in [4.78, 5) is 0. The number of benzene rings is 1. The third kappa shape index (κ3) is 3.74. The van der Waals surface area contributed by atoms with Crippen molar-refractivity contribution in [1.82, 2.24) is 9.78 Å². The molecule has 0 saturated carbocycles. The molecule has 1 aromatic carbocycles. The second-order valence-corrected chi connectivity index (χ2v) is 5.00. The number of aryl methyl sites for hydroxylation is 1.